The molecule has 1 aromatic heterocycles. The van der Waals surface area contributed by atoms with Gasteiger partial charge < -0.3 is 14.8 Å². The molecule has 128 valence electrons. The molecule has 0 aliphatic rings. The van der Waals surface area contributed by atoms with Gasteiger partial charge in [0.25, 0.3) is 0 Å². The average Bonchev–Trinajstić information content (AvgIpc) is 2.72. The standard InChI is InChI=1S/C15H27ClN4S.HI/c1-7-17-14(18-11-15(2,3)21-6)20(5)10-13-8-12(16)9-19(13)4;/h8-9H,7,10-11H2,1-6H3,(H,17,18);1H. The fourth-order valence-electron chi connectivity index (χ4n) is 1.84. The summed E-state index contributed by atoms with van der Waals surface area (Å²) in [5.41, 5.74) is 1.16. The van der Waals surface area contributed by atoms with Crippen molar-refractivity contribution in [2.24, 2.45) is 12.0 Å². The number of aromatic nitrogens is 1. The van der Waals surface area contributed by atoms with E-state index in [1.165, 1.54) is 0 Å². The van der Waals surface area contributed by atoms with Gasteiger partial charge >= 0.3 is 0 Å². The van der Waals surface area contributed by atoms with E-state index in [4.69, 9.17) is 16.6 Å². The Bertz CT molecular complexity index is 488. The molecule has 0 bridgehead atoms. The molecule has 0 saturated heterocycles. The lowest BCUT2D eigenvalue weighted by Crippen LogP contribution is -2.39. The van der Waals surface area contributed by atoms with Crippen LogP contribution in [0.15, 0.2) is 17.3 Å². The maximum absolute atomic E-state index is 6.04. The van der Waals surface area contributed by atoms with Gasteiger partial charge in [-0.2, -0.15) is 11.8 Å². The molecule has 22 heavy (non-hydrogen) atoms. The molecule has 0 unspecified atom stereocenters. The van der Waals surface area contributed by atoms with Crippen molar-refractivity contribution in [2.75, 3.05) is 26.4 Å². The highest BCUT2D eigenvalue weighted by atomic mass is 127. The summed E-state index contributed by atoms with van der Waals surface area (Å²) in [6.07, 6.45) is 4.05. The van der Waals surface area contributed by atoms with Crippen LogP contribution in [-0.4, -0.2) is 46.6 Å². The van der Waals surface area contributed by atoms with Crippen LogP contribution >= 0.6 is 47.3 Å². The maximum Gasteiger partial charge on any atom is 0.194 e. The first kappa shape index (κ1) is 21.9. The monoisotopic (exact) mass is 458 g/mol. The van der Waals surface area contributed by atoms with Gasteiger partial charge in [-0.1, -0.05) is 11.6 Å². The number of nitrogens with one attached hydrogen (secondary N) is 1. The van der Waals surface area contributed by atoms with E-state index in [0.717, 1.165) is 36.3 Å². The third-order valence-corrected chi connectivity index (χ3v) is 4.77. The van der Waals surface area contributed by atoms with Crippen LogP contribution in [0.2, 0.25) is 5.02 Å². The summed E-state index contributed by atoms with van der Waals surface area (Å²) in [5, 5.41) is 4.12. The molecule has 0 aromatic carbocycles. The second-order valence-corrected chi connectivity index (χ2v) is 7.70. The van der Waals surface area contributed by atoms with E-state index in [1.54, 1.807) is 0 Å². The molecule has 0 aliphatic heterocycles. The number of halogens is 2. The van der Waals surface area contributed by atoms with Gasteiger partial charge in [0.15, 0.2) is 5.96 Å². The van der Waals surface area contributed by atoms with Crippen molar-refractivity contribution in [3.63, 3.8) is 0 Å². The van der Waals surface area contributed by atoms with E-state index in [-0.39, 0.29) is 28.7 Å². The molecule has 7 heteroatoms. The lowest BCUT2D eigenvalue weighted by Gasteiger charge is -2.25. The van der Waals surface area contributed by atoms with E-state index in [1.807, 2.05) is 35.6 Å². The topological polar surface area (TPSA) is 32.6 Å². The molecule has 0 fully saturated rings. The normalized spacial score (nSPS) is 12.0. The van der Waals surface area contributed by atoms with Crippen molar-refractivity contribution >= 4 is 53.3 Å². The summed E-state index contributed by atoms with van der Waals surface area (Å²) in [6.45, 7) is 8.92. The molecular formula is C15H28ClIN4S. The molecule has 0 amide bonds. The highest BCUT2D eigenvalue weighted by molar-refractivity contribution is 14.0. The second-order valence-electron chi connectivity index (χ2n) is 5.75. The van der Waals surface area contributed by atoms with Gasteiger partial charge in [-0.25, -0.2) is 0 Å². The van der Waals surface area contributed by atoms with Crippen molar-refractivity contribution in [3.8, 4) is 0 Å². The molecule has 0 atom stereocenters. The van der Waals surface area contributed by atoms with Gasteiger partial charge in [0.05, 0.1) is 18.1 Å². The van der Waals surface area contributed by atoms with Gasteiger partial charge in [0.1, 0.15) is 0 Å². The molecule has 1 N–H and O–H groups in total. The smallest absolute Gasteiger partial charge is 0.194 e. The van der Waals surface area contributed by atoms with Gasteiger partial charge in [-0.15, -0.1) is 24.0 Å². The molecule has 1 heterocycles. The molecular weight excluding hydrogens is 431 g/mol. The van der Waals surface area contributed by atoms with Gasteiger partial charge in [-0.3, -0.25) is 4.99 Å². The molecule has 0 radical (unpaired) electrons. The summed E-state index contributed by atoms with van der Waals surface area (Å²) >= 11 is 7.88. The Morgan fingerprint density at radius 3 is 2.59 bits per heavy atom. The zero-order valence-electron chi connectivity index (χ0n) is 14.3. The number of rotatable bonds is 6. The molecule has 1 rings (SSSR count). The number of aliphatic imine (C=N–C) groups is 1. The first-order valence-electron chi connectivity index (χ1n) is 7.14. The Balaban J connectivity index is 0.00000441. The predicted molar refractivity (Wildman–Crippen MR) is 111 cm³/mol. The van der Waals surface area contributed by atoms with Gasteiger partial charge in [0, 0.05) is 37.3 Å². The zero-order valence-corrected chi connectivity index (χ0v) is 18.2. The van der Waals surface area contributed by atoms with Crippen molar-refractivity contribution in [3.05, 3.63) is 23.0 Å². The van der Waals surface area contributed by atoms with E-state index in [2.05, 4.69) is 44.3 Å². The molecule has 4 nitrogen and oxygen atoms in total. The number of nitrogens with zero attached hydrogens (tertiary/aromatic N) is 3. The van der Waals surface area contributed by atoms with Crippen LogP contribution in [-0.2, 0) is 13.6 Å². The van der Waals surface area contributed by atoms with Crippen LogP contribution in [0.4, 0.5) is 0 Å². The van der Waals surface area contributed by atoms with Crippen molar-refractivity contribution in [1.29, 1.82) is 0 Å². The number of thioether (sulfide) groups is 1. The van der Waals surface area contributed by atoms with Crippen LogP contribution in [0.25, 0.3) is 0 Å². The maximum atomic E-state index is 6.04. The second kappa shape index (κ2) is 9.93. The largest absolute Gasteiger partial charge is 0.357 e. The summed E-state index contributed by atoms with van der Waals surface area (Å²) in [5.74, 6) is 0.928. The molecule has 0 saturated carbocycles. The van der Waals surface area contributed by atoms with Gasteiger partial charge in [-0.05, 0) is 33.1 Å². The SMILES string of the molecule is CCNC(=NCC(C)(C)SC)N(C)Cc1cc(Cl)cn1C.I. The van der Waals surface area contributed by atoms with Crippen LogP contribution in [0.1, 0.15) is 26.5 Å². The van der Waals surface area contributed by atoms with Crippen molar-refractivity contribution < 1.29 is 0 Å². The molecule has 1 aromatic rings. The van der Waals surface area contributed by atoms with E-state index in [9.17, 15) is 0 Å². The highest BCUT2D eigenvalue weighted by Crippen LogP contribution is 2.21. The van der Waals surface area contributed by atoms with Crippen LogP contribution in [0.3, 0.4) is 0 Å². The Morgan fingerprint density at radius 1 is 1.50 bits per heavy atom. The molecule has 0 aliphatic carbocycles. The number of guanidine groups is 1. The quantitative estimate of drug-likeness (QED) is 0.399. The summed E-state index contributed by atoms with van der Waals surface area (Å²) < 4.78 is 2.20. The Hall–Kier alpha value is -0.0800. The summed E-state index contributed by atoms with van der Waals surface area (Å²) in [6, 6.07) is 1.99. The third-order valence-electron chi connectivity index (χ3n) is 3.33. The number of hydrogen-bond donors (Lipinski definition) is 1. The molecule has 0 spiro atoms. The minimum atomic E-state index is 0. The summed E-state index contributed by atoms with van der Waals surface area (Å²) in [4.78, 5) is 6.89. The van der Waals surface area contributed by atoms with Gasteiger partial charge in [0.2, 0.25) is 0 Å². The predicted octanol–water partition coefficient (Wildman–Crippen LogP) is 3.84. The Morgan fingerprint density at radius 2 is 2.14 bits per heavy atom. The highest BCUT2D eigenvalue weighted by Gasteiger charge is 2.16. The van der Waals surface area contributed by atoms with Crippen LogP contribution in [0.5, 0.6) is 0 Å². The zero-order chi connectivity index (χ0) is 16.0. The van der Waals surface area contributed by atoms with Crippen LogP contribution < -0.4 is 5.32 Å². The van der Waals surface area contributed by atoms with Crippen molar-refractivity contribution in [1.82, 2.24) is 14.8 Å². The minimum absolute atomic E-state index is 0. The average molecular weight is 459 g/mol. The summed E-state index contributed by atoms with van der Waals surface area (Å²) in [7, 11) is 4.06. The van der Waals surface area contributed by atoms with E-state index >= 15 is 0 Å². The fraction of sp³-hybridized carbons (Fsp3) is 0.667. The van der Waals surface area contributed by atoms with E-state index < -0.39 is 0 Å². The first-order chi connectivity index (χ1) is 9.79. The van der Waals surface area contributed by atoms with E-state index in [0.29, 0.717) is 0 Å². The lowest BCUT2D eigenvalue weighted by atomic mass is 10.2. The first-order valence-corrected chi connectivity index (χ1v) is 8.74. The van der Waals surface area contributed by atoms with Crippen LogP contribution in [0, 0.1) is 0 Å². The van der Waals surface area contributed by atoms with Crippen molar-refractivity contribution in [2.45, 2.75) is 32.1 Å². The lowest BCUT2D eigenvalue weighted by molar-refractivity contribution is 0.460. The Kier molecular flexibility index (Phi) is 9.89. The third kappa shape index (κ3) is 7.00. The fourth-order valence-corrected chi connectivity index (χ4v) is 2.31. The number of hydrogen-bond acceptors (Lipinski definition) is 2. The minimum Gasteiger partial charge on any atom is -0.357 e. The Labute approximate surface area is 161 Å². The number of aryl methyl sites for hydroxylation is 1.